The fourth-order valence-corrected chi connectivity index (χ4v) is 6.38. The van der Waals surface area contributed by atoms with Gasteiger partial charge in [-0.2, -0.15) is 10.5 Å². The molecule has 5 aromatic carbocycles. The molecule has 0 radical (unpaired) electrons. The summed E-state index contributed by atoms with van der Waals surface area (Å²) in [5, 5.41) is 21.4. The van der Waals surface area contributed by atoms with Crippen LogP contribution in [0.25, 0.3) is 45.8 Å². The highest BCUT2D eigenvalue weighted by Crippen LogP contribution is 2.46. The topological polar surface area (TPSA) is 63.7 Å². The molecule has 0 fully saturated rings. The van der Waals surface area contributed by atoms with E-state index >= 15 is 0 Å². The molecule has 45 heavy (non-hydrogen) atoms. The number of fused-ring (bicyclic) bond motifs is 2. The van der Waals surface area contributed by atoms with E-state index in [0.717, 1.165) is 56.0 Å². The zero-order chi connectivity index (χ0) is 30.9. The van der Waals surface area contributed by atoms with Crippen LogP contribution in [0.5, 0.6) is 0 Å². The average molecular weight is 577 g/mol. The summed E-state index contributed by atoms with van der Waals surface area (Å²) in [6.07, 6.45) is 4.32. The highest BCUT2D eigenvalue weighted by molar-refractivity contribution is 5.96. The number of hydrogen-bond donors (Lipinski definition) is 0. The highest BCUT2D eigenvalue weighted by Gasteiger charge is 2.27. The van der Waals surface area contributed by atoms with Gasteiger partial charge in [0.05, 0.1) is 33.9 Å². The molecule has 0 spiro atoms. The molecule has 4 heteroatoms. The Morgan fingerprint density at radius 3 is 1.40 bits per heavy atom. The highest BCUT2D eigenvalue weighted by atomic mass is 15.1. The van der Waals surface area contributed by atoms with Crippen molar-refractivity contribution in [3.63, 3.8) is 0 Å². The first-order chi connectivity index (χ1) is 22.1. The molecule has 0 saturated heterocycles. The molecule has 1 aliphatic rings. The van der Waals surface area contributed by atoms with Gasteiger partial charge >= 0.3 is 0 Å². The molecule has 1 aromatic heterocycles. The van der Waals surface area contributed by atoms with Crippen LogP contribution < -0.4 is 4.90 Å². The molecule has 212 valence electrons. The zero-order valence-corrected chi connectivity index (χ0v) is 25.0. The summed E-state index contributed by atoms with van der Waals surface area (Å²) in [4.78, 5) is 7.29. The van der Waals surface area contributed by atoms with Crippen molar-refractivity contribution in [2.75, 3.05) is 4.90 Å². The molecular weight excluding hydrogens is 548 g/mol. The molecule has 4 nitrogen and oxygen atoms in total. The van der Waals surface area contributed by atoms with E-state index in [1.54, 1.807) is 0 Å². The third-order valence-corrected chi connectivity index (χ3v) is 8.34. The Morgan fingerprint density at radius 1 is 0.533 bits per heavy atom. The largest absolute Gasteiger partial charge is 0.309 e. The second kappa shape index (κ2) is 11.5. The van der Waals surface area contributed by atoms with Gasteiger partial charge in [0, 0.05) is 22.4 Å². The first kappa shape index (κ1) is 27.6. The predicted molar refractivity (Wildman–Crippen MR) is 183 cm³/mol. The number of aromatic nitrogens is 1. The summed E-state index contributed by atoms with van der Waals surface area (Å²) in [5.74, 6) is 0. The Morgan fingerprint density at radius 2 is 0.956 bits per heavy atom. The minimum atomic E-state index is 0.394. The van der Waals surface area contributed by atoms with Crippen LogP contribution in [0.15, 0.2) is 121 Å². The van der Waals surface area contributed by atoms with Crippen molar-refractivity contribution in [3.8, 4) is 45.8 Å². The SMILES string of the molecule is Cc1cc(N2c3ccccc3C=Cc3ccccc32)cc(C)c1-c1c(C#N)c(-c2ccccc2)nc(-c2ccccc2)c1C#N. The molecule has 7 rings (SSSR count). The molecule has 0 N–H and O–H groups in total. The van der Waals surface area contributed by atoms with Gasteiger partial charge < -0.3 is 4.90 Å². The van der Waals surface area contributed by atoms with Gasteiger partial charge in [0.15, 0.2) is 0 Å². The van der Waals surface area contributed by atoms with Crippen molar-refractivity contribution in [2.24, 2.45) is 0 Å². The van der Waals surface area contributed by atoms with E-state index in [-0.39, 0.29) is 0 Å². The maximum Gasteiger partial charge on any atom is 0.102 e. The lowest BCUT2D eigenvalue weighted by Crippen LogP contribution is -2.12. The number of anilines is 3. The summed E-state index contributed by atoms with van der Waals surface area (Å²) in [5.41, 5.74) is 12.4. The molecule has 0 bridgehead atoms. The van der Waals surface area contributed by atoms with Crippen LogP contribution in [-0.4, -0.2) is 4.98 Å². The van der Waals surface area contributed by atoms with E-state index in [2.05, 4.69) is 104 Å². The minimum absolute atomic E-state index is 0.394. The maximum atomic E-state index is 10.7. The molecule has 0 unspecified atom stereocenters. The Labute approximate surface area is 263 Å². The summed E-state index contributed by atoms with van der Waals surface area (Å²) in [7, 11) is 0. The normalized spacial score (nSPS) is 11.6. The van der Waals surface area contributed by atoms with Gasteiger partial charge in [0.1, 0.15) is 12.1 Å². The number of benzene rings is 5. The lowest BCUT2D eigenvalue weighted by Gasteiger charge is -2.29. The zero-order valence-electron chi connectivity index (χ0n) is 25.0. The Kier molecular flexibility index (Phi) is 7.02. The second-order valence-corrected chi connectivity index (χ2v) is 11.1. The van der Waals surface area contributed by atoms with Crippen molar-refractivity contribution in [2.45, 2.75) is 13.8 Å². The summed E-state index contributed by atoms with van der Waals surface area (Å²) >= 11 is 0. The number of nitrogens with zero attached hydrogens (tertiary/aromatic N) is 4. The van der Waals surface area contributed by atoms with E-state index in [1.807, 2.05) is 60.7 Å². The van der Waals surface area contributed by atoms with Gasteiger partial charge in [0.25, 0.3) is 0 Å². The fourth-order valence-electron chi connectivity index (χ4n) is 6.38. The van der Waals surface area contributed by atoms with Gasteiger partial charge in [0.2, 0.25) is 0 Å². The third kappa shape index (κ3) is 4.76. The summed E-state index contributed by atoms with van der Waals surface area (Å²) in [6, 6.07) is 45.5. The van der Waals surface area contributed by atoms with Gasteiger partial charge in [-0.3, -0.25) is 0 Å². The first-order valence-corrected chi connectivity index (χ1v) is 14.9. The molecule has 1 aliphatic heterocycles. The quantitative estimate of drug-likeness (QED) is 0.209. The smallest absolute Gasteiger partial charge is 0.102 e. The van der Waals surface area contributed by atoms with Crippen molar-refractivity contribution in [1.82, 2.24) is 4.98 Å². The Bertz CT molecular complexity index is 2050. The monoisotopic (exact) mass is 576 g/mol. The molecule has 0 atom stereocenters. The predicted octanol–water partition coefficient (Wildman–Crippen LogP) is 10.4. The average Bonchev–Trinajstić information content (AvgIpc) is 3.25. The maximum absolute atomic E-state index is 10.7. The minimum Gasteiger partial charge on any atom is -0.309 e. The van der Waals surface area contributed by atoms with Gasteiger partial charge in [-0.15, -0.1) is 0 Å². The lowest BCUT2D eigenvalue weighted by atomic mass is 9.85. The van der Waals surface area contributed by atoms with Crippen molar-refractivity contribution >= 4 is 29.2 Å². The summed E-state index contributed by atoms with van der Waals surface area (Å²) in [6.45, 7) is 4.12. The number of aryl methyl sites for hydroxylation is 2. The van der Waals surface area contributed by atoms with E-state index in [1.165, 1.54) is 0 Å². The third-order valence-electron chi connectivity index (χ3n) is 8.34. The molecular formula is C41H28N4. The van der Waals surface area contributed by atoms with E-state index < -0.39 is 0 Å². The van der Waals surface area contributed by atoms with Crippen LogP contribution in [0.4, 0.5) is 17.1 Å². The van der Waals surface area contributed by atoms with Gasteiger partial charge in [-0.1, -0.05) is 109 Å². The number of pyridine rings is 1. The number of para-hydroxylation sites is 2. The standard InChI is InChI=1S/C41H28N4/c1-27-23-33(45-36-19-11-9-13-29(36)21-22-30-14-10-12-20-37(30)45)24-28(2)38(27)39-34(25-42)40(31-15-5-3-6-16-31)44-41(35(39)26-43)32-17-7-4-8-18-32/h3-24H,1-2H3. The van der Waals surface area contributed by atoms with Crippen LogP contribution in [0.1, 0.15) is 33.4 Å². The Hall–Kier alpha value is -6.23. The second-order valence-electron chi connectivity index (χ2n) is 11.1. The van der Waals surface area contributed by atoms with Crippen LogP contribution in [-0.2, 0) is 0 Å². The number of nitriles is 2. The van der Waals surface area contributed by atoms with Crippen molar-refractivity contribution in [1.29, 1.82) is 10.5 Å². The number of hydrogen-bond acceptors (Lipinski definition) is 4. The fraction of sp³-hybridized carbons (Fsp3) is 0.0488. The first-order valence-electron chi connectivity index (χ1n) is 14.9. The molecule has 6 aromatic rings. The van der Waals surface area contributed by atoms with Crippen molar-refractivity contribution in [3.05, 3.63) is 155 Å². The van der Waals surface area contributed by atoms with Gasteiger partial charge in [-0.25, -0.2) is 4.98 Å². The number of rotatable bonds is 4. The molecule has 2 heterocycles. The molecule has 0 aliphatic carbocycles. The van der Waals surface area contributed by atoms with Crippen LogP contribution >= 0.6 is 0 Å². The van der Waals surface area contributed by atoms with E-state index in [9.17, 15) is 10.5 Å². The van der Waals surface area contributed by atoms with Crippen molar-refractivity contribution < 1.29 is 0 Å². The van der Waals surface area contributed by atoms with Gasteiger partial charge in [-0.05, 0) is 65.9 Å². The lowest BCUT2D eigenvalue weighted by molar-refractivity contribution is 1.24. The van der Waals surface area contributed by atoms with E-state index in [4.69, 9.17) is 4.98 Å². The van der Waals surface area contributed by atoms with Crippen LogP contribution in [0.2, 0.25) is 0 Å². The van der Waals surface area contributed by atoms with Crippen LogP contribution in [0.3, 0.4) is 0 Å². The molecule has 0 amide bonds. The van der Waals surface area contributed by atoms with Crippen LogP contribution in [0, 0.1) is 36.5 Å². The molecule has 0 saturated carbocycles. The van der Waals surface area contributed by atoms with E-state index in [0.29, 0.717) is 28.1 Å². The summed E-state index contributed by atoms with van der Waals surface area (Å²) < 4.78 is 0. The Balaban J connectivity index is 1.51.